The van der Waals surface area contributed by atoms with Crippen LogP contribution in [0, 0.1) is 5.92 Å². The van der Waals surface area contributed by atoms with E-state index in [4.69, 9.17) is 34.8 Å². The normalized spacial score (nSPS) is 17.7. The molecule has 1 heterocycles. The van der Waals surface area contributed by atoms with Crippen molar-refractivity contribution >= 4 is 70.2 Å². The standard InChI is InChI=1S/C17H10Cl3N3O3/c18-9-1-4-11(5-2-9)23-16(25)12(15(24)22-17(23)26)8-21-14-6-3-10(19)7-13(14)20/h1-8,12H,(H,22,24,26)/t12-/m0/s1. The van der Waals surface area contributed by atoms with E-state index < -0.39 is 23.8 Å². The number of urea groups is 1. The topological polar surface area (TPSA) is 78.8 Å². The van der Waals surface area contributed by atoms with Gasteiger partial charge in [-0.25, -0.2) is 9.69 Å². The van der Waals surface area contributed by atoms with Crippen LogP contribution >= 0.6 is 34.8 Å². The van der Waals surface area contributed by atoms with Crippen LogP contribution in [-0.2, 0) is 9.59 Å². The monoisotopic (exact) mass is 409 g/mol. The molecule has 1 aliphatic rings. The van der Waals surface area contributed by atoms with E-state index in [0.717, 1.165) is 11.1 Å². The third-order valence-corrected chi connectivity index (χ3v) is 4.35. The summed E-state index contributed by atoms with van der Waals surface area (Å²) in [6.07, 6.45) is 1.14. The molecule has 0 spiro atoms. The summed E-state index contributed by atoms with van der Waals surface area (Å²) in [4.78, 5) is 41.7. The smallest absolute Gasteiger partial charge is 0.276 e. The van der Waals surface area contributed by atoms with Gasteiger partial charge in [-0.05, 0) is 42.5 Å². The van der Waals surface area contributed by atoms with Crippen molar-refractivity contribution in [1.29, 1.82) is 0 Å². The molecule has 26 heavy (non-hydrogen) atoms. The number of hydrogen-bond donors (Lipinski definition) is 1. The Labute approximate surface area is 163 Å². The number of rotatable bonds is 3. The first kappa shape index (κ1) is 18.4. The second-order valence-corrected chi connectivity index (χ2v) is 6.58. The van der Waals surface area contributed by atoms with Crippen molar-refractivity contribution in [3.8, 4) is 0 Å². The van der Waals surface area contributed by atoms with Gasteiger partial charge in [-0.1, -0.05) is 34.8 Å². The zero-order chi connectivity index (χ0) is 18.8. The molecule has 1 N–H and O–H groups in total. The van der Waals surface area contributed by atoms with E-state index in [1.165, 1.54) is 30.3 Å². The molecule has 0 unspecified atom stereocenters. The fourth-order valence-corrected chi connectivity index (χ4v) is 2.88. The second-order valence-electron chi connectivity index (χ2n) is 5.30. The van der Waals surface area contributed by atoms with Crippen molar-refractivity contribution in [2.24, 2.45) is 10.9 Å². The summed E-state index contributed by atoms with van der Waals surface area (Å²) in [5.74, 6) is -2.77. The number of carbonyl (C=O) groups excluding carboxylic acids is 3. The minimum atomic E-state index is -1.28. The van der Waals surface area contributed by atoms with Gasteiger partial charge in [0.1, 0.15) is 0 Å². The number of aliphatic imine (C=N–C) groups is 1. The predicted octanol–water partition coefficient (Wildman–Crippen LogP) is 4.25. The first-order valence-electron chi connectivity index (χ1n) is 7.30. The van der Waals surface area contributed by atoms with Crippen molar-refractivity contribution in [2.75, 3.05) is 4.90 Å². The Kier molecular flexibility index (Phi) is 5.27. The van der Waals surface area contributed by atoms with Crippen molar-refractivity contribution in [2.45, 2.75) is 0 Å². The Hall–Kier alpha value is -2.41. The quantitative estimate of drug-likeness (QED) is 0.607. The number of imide groups is 2. The molecule has 4 amide bonds. The third kappa shape index (κ3) is 3.72. The fraction of sp³-hybridized carbons (Fsp3) is 0.0588. The molecule has 2 aromatic rings. The van der Waals surface area contributed by atoms with Gasteiger partial charge in [0.2, 0.25) is 5.91 Å². The van der Waals surface area contributed by atoms with E-state index >= 15 is 0 Å². The van der Waals surface area contributed by atoms with Crippen LogP contribution in [0.1, 0.15) is 0 Å². The number of anilines is 1. The van der Waals surface area contributed by atoms with Crippen LogP contribution in [0.15, 0.2) is 47.5 Å². The SMILES string of the molecule is O=C1NC(=O)N(c2ccc(Cl)cc2)C(=O)[C@H]1C=Nc1ccc(Cl)cc1Cl. The zero-order valence-corrected chi connectivity index (χ0v) is 15.2. The summed E-state index contributed by atoms with van der Waals surface area (Å²) in [5, 5.41) is 3.28. The summed E-state index contributed by atoms with van der Waals surface area (Å²) in [5.41, 5.74) is 0.624. The number of amides is 4. The van der Waals surface area contributed by atoms with Crippen molar-refractivity contribution in [3.05, 3.63) is 57.5 Å². The second kappa shape index (κ2) is 7.45. The van der Waals surface area contributed by atoms with Gasteiger partial charge >= 0.3 is 6.03 Å². The lowest BCUT2D eigenvalue weighted by Gasteiger charge is -2.28. The van der Waals surface area contributed by atoms with Crippen LogP contribution in [0.2, 0.25) is 15.1 Å². The average molecular weight is 411 g/mol. The zero-order valence-electron chi connectivity index (χ0n) is 12.9. The van der Waals surface area contributed by atoms with Crippen LogP contribution in [-0.4, -0.2) is 24.1 Å². The van der Waals surface area contributed by atoms with Crippen LogP contribution < -0.4 is 10.2 Å². The number of barbiturate groups is 1. The Morgan fingerprint density at radius 3 is 2.27 bits per heavy atom. The molecule has 1 saturated heterocycles. The highest BCUT2D eigenvalue weighted by atomic mass is 35.5. The highest BCUT2D eigenvalue weighted by Crippen LogP contribution is 2.28. The van der Waals surface area contributed by atoms with E-state index in [2.05, 4.69) is 10.3 Å². The van der Waals surface area contributed by atoms with Gasteiger partial charge < -0.3 is 0 Å². The molecule has 0 aliphatic carbocycles. The molecule has 3 rings (SSSR count). The van der Waals surface area contributed by atoms with Crippen molar-refractivity contribution in [3.63, 3.8) is 0 Å². The fourth-order valence-electron chi connectivity index (χ4n) is 2.30. The highest BCUT2D eigenvalue weighted by Gasteiger charge is 2.40. The van der Waals surface area contributed by atoms with Crippen LogP contribution in [0.3, 0.4) is 0 Å². The Balaban J connectivity index is 1.90. The summed E-state index contributed by atoms with van der Waals surface area (Å²) in [7, 11) is 0. The maximum absolute atomic E-state index is 12.7. The van der Waals surface area contributed by atoms with Gasteiger partial charge in [0.15, 0.2) is 5.92 Å². The van der Waals surface area contributed by atoms with Crippen molar-refractivity contribution in [1.82, 2.24) is 5.32 Å². The third-order valence-electron chi connectivity index (χ3n) is 3.56. The first-order chi connectivity index (χ1) is 12.4. The molecule has 9 heteroatoms. The highest BCUT2D eigenvalue weighted by molar-refractivity contribution is 6.36. The molecule has 2 aromatic carbocycles. The number of halogens is 3. The number of hydrogen-bond acceptors (Lipinski definition) is 4. The Bertz CT molecular complexity index is 929. The number of carbonyl (C=O) groups is 3. The Morgan fingerprint density at radius 1 is 0.962 bits per heavy atom. The summed E-state index contributed by atoms with van der Waals surface area (Å²) in [6.45, 7) is 0. The largest absolute Gasteiger partial charge is 0.335 e. The number of nitrogens with zero attached hydrogens (tertiary/aromatic N) is 2. The minimum absolute atomic E-state index is 0.267. The van der Waals surface area contributed by atoms with Gasteiger partial charge in [0.05, 0.1) is 16.4 Å². The average Bonchev–Trinajstić information content (AvgIpc) is 2.57. The molecule has 0 radical (unpaired) electrons. The van der Waals surface area contributed by atoms with E-state index in [1.54, 1.807) is 12.1 Å². The molecule has 0 saturated carbocycles. The number of nitrogens with one attached hydrogen (secondary N) is 1. The van der Waals surface area contributed by atoms with Gasteiger partial charge in [0.25, 0.3) is 5.91 Å². The van der Waals surface area contributed by atoms with Gasteiger partial charge in [0, 0.05) is 16.3 Å². The summed E-state index contributed by atoms with van der Waals surface area (Å²) >= 11 is 17.7. The lowest BCUT2D eigenvalue weighted by atomic mass is 10.1. The number of benzene rings is 2. The van der Waals surface area contributed by atoms with Crippen LogP contribution in [0.4, 0.5) is 16.2 Å². The molecule has 1 aliphatic heterocycles. The van der Waals surface area contributed by atoms with Crippen LogP contribution in [0.5, 0.6) is 0 Å². The molecular weight excluding hydrogens is 401 g/mol. The van der Waals surface area contributed by atoms with E-state index in [1.807, 2.05) is 0 Å². The molecule has 1 fully saturated rings. The maximum Gasteiger partial charge on any atom is 0.335 e. The summed E-state index contributed by atoms with van der Waals surface area (Å²) < 4.78 is 0. The molecule has 0 aromatic heterocycles. The minimum Gasteiger partial charge on any atom is -0.276 e. The van der Waals surface area contributed by atoms with Crippen molar-refractivity contribution < 1.29 is 14.4 Å². The Morgan fingerprint density at radius 2 is 1.62 bits per heavy atom. The van der Waals surface area contributed by atoms with Crippen LogP contribution in [0.25, 0.3) is 0 Å². The maximum atomic E-state index is 12.7. The van der Waals surface area contributed by atoms with Gasteiger partial charge in [-0.3, -0.25) is 19.9 Å². The molecule has 0 bridgehead atoms. The lowest BCUT2D eigenvalue weighted by molar-refractivity contribution is -0.131. The predicted molar refractivity (Wildman–Crippen MR) is 101 cm³/mol. The van der Waals surface area contributed by atoms with E-state index in [9.17, 15) is 14.4 Å². The molecular formula is C17H10Cl3N3O3. The molecule has 6 nitrogen and oxygen atoms in total. The van der Waals surface area contributed by atoms with E-state index in [0.29, 0.717) is 15.7 Å². The molecule has 132 valence electrons. The van der Waals surface area contributed by atoms with Gasteiger partial charge in [-0.2, -0.15) is 0 Å². The summed E-state index contributed by atoms with van der Waals surface area (Å²) in [6, 6.07) is 9.84. The lowest BCUT2D eigenvalue weighted by Crippen LogP contribution is -2.58. The molecule has 1 atom stereocenters. The van der Waals surface area contributed by atoms with Gasteiger partial charge in [-0.15, -0.1) is 0 Å². The first-order valence-corrected chi connectivity index (χ1v) is 8.44. The van der Waals surface area contributed by atoms with E-state index in [-0.39, 0.29) is 10.7 Å².